The minimum absolute atomic E-state index is 0.241. The predicted molar refractivity (Wildman–Crippen MR) is 109 cm³/mol. The number of fused-ring (bicyclic) bond motifs is 1. The van der Waals surface area contributed by atoms with Crippen molar-refractivity contribution in [3.05, 3.63) is 70.6 Å². The molecule has 2 aromatic carbocycles. The molecular weight excluding hydrogens is 349 g/mol. The SMILES string of the molecule is CN(C)CCNc1cc(/C=C/c2ccc(F)cc2)nc2ccc(Cl)cc12. The van der Waals surface area contributed by atoms with E-state index in [1.54, 1.807) is 12.1 Å². The van der Waals surface area contributed by atoms with Gasteiger partial charge in [-0.1, -0.05) is 29.8 Å². The van der Waals surface area contributed by atoms with Crippen LogP contribution in [0.5, 0.6) is 0 Å². The minimum atomic E-state index is -0.241. The maximum atomic E-state index is 13.0. The highest BCUT2D eigenvalue weighted by atomic mass is 35.5. The first kappa shape index (κ1) is 18.4. The molecular formula is C21H21ClFN3. The third kappa shape index (κ3) is 4.81. The van der Waals surface area contributed by atoms with Gasteiger partial charge in [0, 0.05) is 29.2 Å². The number of likely N-dealkylation sites (N-methyl/N-ethyl adjacent to an activating group) is 1. The number of rotatable bonds is 6. The van der Waals surface area contributed by atoms with Crippen molar-refractivity contribution in [1.29, 1.82) is 0 Å². The van der Waals surface area contributed by atoms with Gasteiger partial charge < -0.3 is 10.2 Å². The first-order valence-corrected chi connectivity index (χ1v) is 8.81. The van der Waals surface area contributed by atoms with E-state index in [-0.39, 0.29) is 5.82 Å². The fraction of sp³-hybridized carbons (Fsp3) is 0.190. The average molecular weight is 370 g/mol. The van der Waals surface area contributed by atoms with E-state index in [1.165, 1.54) is 12.1 Å². The lowest BCUT2D eigenvalue weighted by Crippen LogP contribution is -2.20. The summed E-state index contributed by atoms with van der Waals surface area (Å²) < 4.78 is 13.0. The summed E-state index contributed by atoms with van der Waals surface area (Å²) in [7, 11) is 4.08. The maximum absolute atomic E-state index is 13.0. The lowest BCUT2D eigenvalue weighted by Gasteiger charge is -2.14. The Morgan fingerprint density at radius 1 is 1.08 bits per heavy atom. The lowest BCUT2D eigenvalue weighted by atomic mass is 10.1. The number of anilines is 1. The standard InChI is InChI=1S/C21H21ClFN3/c1-26(2)12-11-24-21-14-18(9-5-15-3-7-17(23)8-4-15)25-20-10-6-16(22)13-19(20)21/h3-10,13-14H,11-12H2,1-2H3,(H,24,25)/b9-5+. The first-order valence-electron chi connectivity index (χ1n) is 8.44. The van der Waals surface area contributed by atoms with Gasteiger partial charge in [-0.3, -0.25) is 0 Å². The van der Waals surface area contributed by atoms with E-state index in [1.807, 2.05) is 50.5 Å². The molecule has 0 aliphatic heterocycles. The van der Waals surface area contributed by atoms with E-state index in [9.17, 15) is 4.39 Å². The summed E-state index contributed by atoms with van der Waals surface area (Å²) in [6, 6.07) is 14.1. The molecule has 5 heteroatoms. The molecule has 1 aromatic heterocycles. The molecule has 1 heterocycles. The number of hydrogen-bond donors (Lipinski definition) is 1. The monoisotopic (exact) mass is 369 g/mol. The molecule has 0 bridgehead atoms. The molecule has 0 radical (unpaired) electrons. The smallest absolute Gasteiger partial charge is 0.123 e. The Bertz CT molecular complexity index is 920. The van der Waals surface area contributed by atoms with Gasteiger partial charge in [-0.25, -0.2) is 9.37 Å². The maximum Gasteiger partial charge on any atom is 0.123 e. The molecule has 1 N–H and O–H groups in total. The van der Waals surface area contributed by atoms with Crippen molar-refractivity contribution in [3.8, 4) is 0 Å². The second-order valence-electron chi connectivity index (χ2n) is 6.37. The molecule has 0 amide bonds. The van der Waals surface area contributed by atoms with Crippen LogP contribution in [0.25, 0.3) is 23.1 Å². The summed E-state index contributed by atoms with van der Waals surface area (Å²) in [5, 5.41) is 5.15. The number of nitrogens with one attached hydrogen (secondary N) is 1. The molecule has 26 heavy (non-hydrogen) atoms. The molecule has 0 aliphatic carbocycles. The Morgan fingerprint density at radius 3 is 2.58 bits per heavy atom. The fourth-order valence-electron chi connectivity index (χ4n) is 2.62. The van der Waals surface area contributed by atoms with Crippen LogP contribution in [0.15, 0.2) is 48.5 Å². The van der Waals surface area contributed by atoms with E-state index in [4.69, 9.17) is 11.6 Å². The van der Waals surface area contributed by atoms with E-state index in [0.29, 0.717) is 5.02 Å². The van der Waals surface area contributed by atoms with Crippen LogP contribution in [0.4, 0.5) is 10.1 Å². The highest BCUT2D eigenvalue weighted by Gasteiger charge is 2.06. The summed E-state index contributed by atoms with van der Waals surface area (Å²) in [5.74, 6) is -0.241. The van der Waals surface area contributed by atoms with Crippen LogP contribution >= 0.6 is 11.6 Å². The van der Waals surface area contributed by atoms with Gasteiger partial charge in [0.05, 0.1) is 11.2 Å². The summed E-state index contributed by atoms with van der Waals surface area (Å²) in [4.78, 5) is 6.81. The van der Waals surface area contributed by atoms with Crippen molar-refractivity contribution in [2.75, 3.05) is 32.5 Å². The molecule has 3 rings (SSSR count). The Balaban J connectivity index is 1.92. The molecule has 3 nitrogen and oxygen atoms in total. The normalized spacial score (nSPS) is 11.6. The number of halogens is 2. The number of benzene rings is 2. The molecule has 3 aromatic rings. The quantitative estimate of drug-likeness (QED) is 0.649. The molecule has 0 atom stereocenters. The van der Waals surface area contributed by atoms with Crippen LogP contribution in [-0.2, 0) is 0 Å². The molecule has 0 saturated carbocycles. The third-order valence-corrected chi connectivity index (χ3v) is 4.22. The average Bonchev–Trinajstić information content (AvgIpc) is 2.61. The van der Waals surface area contributed by atoms with Gasteiger partial charge in [0.2, 0.25) is 0 Å². The van der Waals surface area contributed by atoms with E-state index >= 15 is 0 Å². The second-order valence-corrected chi connectivity index (χ2v) is 6.81. The van der Waals surface area contributed by atoms with Gasteiger partial charge in [-0.15, -0.1) is 0 Å². The van der Waals surface area contributed by atoms with Gasteiger partial charge >= 0.3 is 0 Å². The highest BCUT2D eigenvalue weighted by Crippen LogP contribution is 2.27. The summed E-state index contributed by atoms with van der Waals surface area (Å²) in [5.41, 5.74) is 3.63. The zero-order valence-corrected chi connectivity index (χ0v) is 15.6. The van der Waals surface area contributed by atoms with Gasteiger partial charge in [-0.2, -0.15) is 0 Å². The van der Waals surface area contributed by atoms with Crippen LogP contribution in [-0.4, -0.2) is 37.1 Å². The fourth-order valence-corrected chi connectivity index (χ4v) is 2.79. The van der Waals surface area contributed by atoms with Gasteiger partial charge in [-0.05, 0) is 62.1 Å². The topological polar surface area (TPSA) is 28.2 Å². The van der Waals surface area contributed by atoms with Crippen molar-refractivity contribution in [2.45, 2.75) is 0 Å². The predicted octanol–water partition coefficient (Wildman–Crippen LogP) is 5.17. The van der Waals surface area contributed by atoms with Crippen LogP contribution in [0.1, 0.15) is 11.3 Å². The zero-order valence-electron chi connectivity index (χ0n) is 14.8. The van der Waals surface area contributed by atoms with E-state index < -0.39 is 0 Å². The molecule has 134 valence electrons. The third-order valence-electron chi connectivity index (χ3n) is 3.98. The second kappa shape index (κ2) is 8.30. The van der Waals surface area contributed by atoms with Crippen LogP contribution in [0, 0.1) is 5.82 Å². The largest absolute Gasteiger partial charge is 0.383 e. The van der Waals surface area contributed by atoms with Crippen molar-refractivity contribution < 1.29 is 4.39 Å². The molecule has 0 aliphatic rings. The molecule has 0 spiro atoms. The number of nitrogens with zero attached hydrogens (tertiary/aromatic N) is 2. The Hall–Kier alpha value is -2.43. The van der Waals surface area contributed by atoms with Gasteiger partial charge in [0.1, 0.15) is 5.82 Å². The number of aromatic nitrogens is 1. The van der Waals surface area contributed by atoms with Crippen LogP contribution in [0.2, 0.25) is 5.02 Å². The summed E-state index contributed by atoms with van der Waals surface area (Å²) in [6.07, 6.45) is 3.85. The van der Waals surface area contributed by atoms with Gasteiger partial charge in [0.15, 0.2) is 0 Å². The Kier molecular flexibility index (Phi) is 5.86. The lowest BCUT2D eigenvalue weighted by molar-refractivity contribution is 0.425. The van der Waals surface area contributed by atoms with E-state index in [2.05, 4.69) is 15.2 Å². The van der Waals surface area contributed by atoms with Crippen molar-refractivity contribution in [1.82, 2.24) is 9.88 Å². The molecule has 0 saturated heterocycles. The van der Waals surface area contributed by atoms with Crippen molar-refractivity contribution in [3.63, 3.8) is 0 Å². The Labute approximate surface area is 158 Å². The van der Waals surface area contributed by atoms with Crippen LogP contribution < -0.4 is 5.32 Å². The van der Waals surface area contributed by atoms with Crippen molar-refractivity contribution in [2.24, 2.45) is 0 Å². The van der Waals surface area contributed by atoms with Gasteiger partial charge in [0.25, 0.3) is 0 Å². The first-order chi connectivity index (χ1) is 12.5. The summed E-state index contributed by atoms with van der Waals surface area (Å²) in [6.45, 7) is 1.74. The van der Waals surface area contributed by atoms with Crippen molar-refractivity contribution >= 4 is 40.3 Å². The molecule has 0 fully saturated rings. The molecule has 0 unspecified atom stereocenters. The summed E-state index contributed by atoms with van der Waals surface area (Å²) >= 11 is 6.16. The Morgan fingerprint density at radius 2 is 1.85 bits per heavy atom. The number of hydrogen-bond acceptors (Lipinski definition) is 3. The highest BCUT2D eigenvalue weighted by molar-refractivity contribution is 6.31. The van der Waals surface area contributed by atoms with Crippen LogP contribution in [0.3, 0.4) is 0 Å². The van der Waals surface area contributed by atoms with E-state index in [0.717, 1.165) is 40.9 Å². The number of pyridine rings is 1. The zero-order chi connectivity index (χ0) is 18.5. The minimum Gasteiger partial charge on any atom is -0.383 e.